The molecule has 0 aliphatic carbocycles. The molecule has 5 nitrogen and oxygen atoms in total. The quantitative estimate of drug-likeness (QED) is 0.264. The molecule has 0 fully saturated rings. The van der Waals surface area contributed by atoms with E-state index in [2.05, 4.69) is 26.8 Å². The molecule has 8 heteroatoms. The molecule has 160 valence electrons. The highest BCUT2D eigenvalue weighted by molar-refractivity contribution is 14.0. The van der Waals surface area contributed by atoms with Crippen LogP contribution in [0.1, 0.15) is 23.6 Å². The number of nitrogens with one attached hydrogen (secondary N) is 2. The van der Waals surface area contributed by atoms with Gasteiger partial charge in [-0.2, -0.15) is 5.10 Å². The summed E-state index contributed by atoms with van der Waals surface area (Å²) in [7, 11) is 0. The zero-order valence-corrected chi connectivity index (χ0v) is 19.1. The number of hydrogen-bond donors (Lipinski definition) is 2. The fourth-order valence-electron chi connectivity index (χ4n) is 2.99. The molecule has 30 heavy (non-hydrogen) atoms. The van der Waals surface area contributed by atoms with Crippen LogP contribution in [0.25, 0.3) is 0 Å². The summed E-state index contributed by atoms with van der Waals surface area (Å²) in [6, 6.07) is 13.5. The molecular formula is C22H26F2IN5. The van der Waals surface area contributed by atoms with E-state index in [0.717, 1.165) is 23.3 Å². The van der Waals surface area contributed by atoms with Gasteiger partial charge in [-0.25, -0.2) is 13.8 Å². The van der Waals surface area contributed by atoms with Crippen molar-refractivity contribution in [3.05, 3.63) is 89.2 Å². The highest BCUT2D eigenvalue weighted by Gasteiger charge is 2.06. The van der Waals surface area contributed by atoms with E-state index in [1.807, 2.05) is 42.1 Å². The molecule has 0 saturated carbocycles. The molecule has 1 heterocycles. The van der Waals surface area contributed by atoms with Gasteiger partial charge in [0.1, 0.15) is 11.6 Å². The normalized spacial score (nSPS) is 11.1. The van der Waals surface area contributed by atoms with E-state index in [1.165, 1.54) is 6.07 Å². The predicted octanol–water partition coefficient (Wildman–Crippen LogP) is 4.13. The van der Waals surface area contributed by atoms with Crippen molar-refractivity contribution >= 4 is 29.9 Å². The number of rotatable bonds is 8. The Balaban J connectivity index is 0.00000320. The van der Waals surface area contributed by atoms with Crippen LogP contribution < -0.4 is 10.6 Å². The first kappa shape index (κ1) is 23.8. The Morgan fingerprint density at radius 2 is 1.83 bits per heavy atom. The van der Waals surface area contributed by atoms with Gasteiger partial charge in [-0.15, -0.1) is 24.0 Å². The molecule has 1 aromatic heterocycles. The molecule has 2 aromatic carbocycles. The average molecular weight is 525 g/mol. The molecule has 0 aliphatic heterocycles. The first-order valence-electron chi connectivity index (χ1n) is 9.66. The van der Waals surface area contributed by atoms with Crippen molar-refractivity contribution in [2.45, 2.75) is 26.4 Å². The SMILES string of the molecule is CCNC(=NCc1ccccc1Cn1cccn1)NCCc1cc(F)ccc1F.I. The first-order valence-corrected chi connectivity index (χ1v) is 9.66. The molecule has 0 bridgehead atoms. The summed E-state index contributed by atoms with van der Waals surface area (Å²) in [4.78, 5) is 4.64. The van der Waals surface area contributed by atoms with Gasteiger partial charge in [0.15, 0.2) is 5.96 Å². The lowest BCUT2D eigenvalue weighted by atomic mass is 10.1. The van der Waals surface area contributed by atoms with Gasteiger partial charge in [-0.3, -0.25) is 4.68 Å². The topological polar surface area (TPSA) is 54.2 Å². The van der Waals surface area contributed by atoms with Crippen LogP contribution >= 0.6 is 24.0 Å². The smallest absolute Gasteiger partial charge is 0.191 e. The molecule has 0 amide bonds. The number of benzene rings is 2. The molecular weight excluding hydrogens is 499 g/mol. The molecule has 0 radical (unpaired) electrons. The van der Waals surface area contributed by atoms with Crippen molar-refractivity contribution in [1.82, 2.24) is 20.4 Å². The second kappa shape index (κ2) is 12.3. The van der Waals surface area contributed by atoms with Gasteiger partial charge in [0.2, 0.25) is 0 Å². The van der Waals surface area contributed by atoms with Gasteiger partial charge in [-0.1, -0.05) is 24.3 Å². The van der Waals surface area contributed by atoms with Gasteiger partial charge >= 0.3 is 0 Å². The minimum atomic E-state index is -0.434. The van der Waals surface area contributed by atoms with Crippen LogP contribution in [0.3, 0.4) is 0 Å². The largest absolute Gasteiger partial charge is 0.357 e. The third kappa shape index (κ3) is 7.08. The lowest BCUT2D eigenvalue weighted by molar-refractivity contribution is 0.583. The fourth-order valence-corrected chi connectivity index (χ4v) is 2.99. The molecule has 0 aliphatic rings. The molecule has 0 unspecified atom stereocenters. The Kier molecular flexibility index (Phi) is 9.72. The van der Waals surface area contributed by atoms with E-state index >= 15 is 0 Å². The van der Waals surface area contributed by atoms with Crippen molar-refractivity contribution in [2.24, 2.45) is 4.99 Å². The second-order valence-corrected chi connectivity index (χ2v) is 6.58. The average Bonchev–Trinajstić information content (AvgIpc) is 3.23. The maximum Gasteiger partial charge on any atom is 0.191 e. The monoisotopic (exact) mass is 525 g/mol. The Bertz CT molecular complexity index is 944. The van der Waals surface area contributed by atoms with Gasteiger partial charge in [0, 0.05) is 25.5 Å². The van der Waals surface area contributed by atoms with Crippen LogP contribution in [-0.4, -0.2) is 28.8 Å². The van der Waals surface area contributed by atoms with Crippen molar-refractivity contribution in [3.8, 4) is 0 Å². The van der Waals surface area contributed by atoms with Gasteiger partial charge < -0.3 is 10.6 Å². The molecule has 0 spiro atoms. The summed E-state index contributed by atoms with van der Waals surface area (Å²) in [5.41, 5.74) is 2.60. The van der Waals surface area contributed by atoms with Gasteiger partial charge in [0.25, 0.3) is 0 Å². The van der Waals surface area contributed by atoms with Crippen LogP contribution in [0.2, 0.25) is 0 Å². The third-order valence-electron chi connectivity index (χ3n) is 4.46. The number of aliphatic imine (C=N–C) groups is 1. The lowest BCUT2D eigenvalue weighted by Gasteiger charge is -2.13. The van der Waals surface area contributed by atoms with Crippen molar-refractivity contribution in [3.63, 3.8) is 0 Å². The van der Waals surface area contributed by atoms with Crippen LogP contribution in [0, 0.1) is 11.6 Å². The molecule has 2 N–H and O–H groups in total. The van der Waals surface area contributed by atoms with Crippen LogP contribution in [0.4, 0.5) is 8.78 Å². The summed E-state index contributed by atoms with van der Waals surface area (Å²) in [5, 5.41) is 10.6. The number of guanidine groups is 1. The maximum absolute atomic E-state index is 13.8. The Morgan fingerprint density at radius 3 is 2.57 bits per heavy atom. The summed E-state index contributed by atoms with van der Waals surface area (Å²) in [6.45, 7) is 4.31. The first-order chi connectivity index (χ1) is 14.2. The van der Waals surface area contributed by atoms with Crippen LogP contribution in [0.15, 0.2) is 65.9 Å². The highest BCUT2D eigenvalue weighted by atomic mass is 127. The zero-order valence-electron chi connectivity index (χ0n) is 16.8. The minimum Gasteiger partial charge on any atom is -0.357 e. The number of halogens is 3. The van der Waals surface area contributed by atoms with E-state index in [9.17, 15) is 8.78 Å². The van der Waals surface area contributed by atoms with E-state index in [4.69, 9.17) is 0 Å². The van der Waals surface area contributed by atoms with E-state index in [-0.39, 0.29) is 24.0 Å². The third-order valence-corrected chi connectivity index (χ3v) is 4.46. The van der Waals surface area contributed by atoms with Crippen LogP contribution in [-0.2, 0) is 19.5 Å². The Morgan fingerprint density at radius 1 is 1.03 bits per heavy atom. The van der Waals surface area contributed by atoms with Gasteiger partial charge in [-0.05, 0) is 54.3 Å². The molecule has 0 saturated heterocycles. The second-order valence-electron chi connectivity index (χ2n) is 6.58. The maximum atomic E-state index is 13.8. The van der Waals surface area contributed by atoms with E-state index in [0.29, 0.717) is 44.1 Å². The zero-order chi connectivity index (χ0) is 20.5. The number of hydrogen-bond acceptors (Lipinski definition) is 2. The summed E-state index contributed by atoms with van der Waals surface area (Å²) >= 11 is 0. The van der Waals surface area contributed by atoms with Crippen molar-refractivity contribution in [1.29, 1.82) is 0 Å². The van der Waals surface area contributed by atoms with E-state index in [1.54, 1.807) is 6.20 Å². The van der Waals surface area contributed by atoms with Crippen molar-refractivity contribution < 1.29 is 8.78 Å². The summed E-state index contributed by atoms with van der Waals surface area (Å²) < 4.78 is 28.9. The minimum absolute atomic E-state index is 0. The molecule has 3 aromatic rings. The highest BCUT2D eigenvalue weighted by Crippen LogP contribution is 2.12. The summed E-state index contributed by atoms with van der Waals surface area (Å²) in [5.74, 6) is -0.198. The molecule has 3 rings (SSSR count). The number of aromatic nitrogens is 2. The summed E-state index contributed by atoms with van der Waals surface area (Å²) in [6.07, 6.45) is 4.05. The number of nitrogens with zero attached hydrogens (tertiary/aromatic N) is 3. The van der Waals surface area contributed by atoms with Crippen LogP contribution in [0.5, 0.6) is 0 Å². The lowest BCUT2D eigenvalue weighted by Crippen LogP contribution is -2.38. The molecule has 0 atom stereocenters. The fraction of sp³-hybridized carbons (Fsp3) is 0.273. The van der Waals surface area contributed by atoms with Gasteiger partial charge in [0.05, 0.1) is 13.1 Å². The van der Waals surface area contributed by atoms with Crippen molar-refractivity contribution in [2.75, 3.05) is 13.1 Å². The Hall–Kier alpha value is -2.49. The Labute approximate surface area is 192 Å². The van der Waals surface area contributed by atoms with E-state index < -0.39 is 11.6 Å². The predicted molar refractivity (Wildman–Crippen MR) is 126 cm³/mol. The standard InChI is InChI=1S/C22H25F2N5.HI/c1-2-25-22(26-12-10-17-14-20(23)8-9-21(17)24)27-15-18-6-3-4-7-19(18)16-29-13-5-11-28-29;/h3-9,11,13-14H,2,10,12,15-16H2,1H3,(H2,25,26,27);1H.